The summed E-state index contributed by atoms with van der Waals surface area (Å²) in [5, 5.41) is 0. The molecule has 0 N–H and O–H groups in total. The predicted octanol–water partition coefficient (Wildman–Crippen LogP) is 3.57. The van der Waals surface area contributed by atoms with Crippen LogP contribution in [0.3, 0.4) is 0 Å². The van der Waals surface area contributed by atoms with E-state index < -0.39 is 0 Å². The number of carbonyl (C=O) groups is 1. The molecule has 1 heteroatoms. The number of rotatable bonds is 2. The Hall–Kier alpha value is -0.330. The molecule has 0 aromatic rings. The SMILES string of the molecule is CCC1CCCC2(CC)C(=O)CCC12. The zero-order chi connectivity index (χ0) is 10.2. The van der Waals surface area contributed by atoms with E-state index in [1.54, 1.807) is 0 Å². The highest BCUT2D eigenvalue weighted by molar-refractivity contribution is 5.87. The average molecular weight is 194 g/mol. The molecule has 3 unspecified atom stereocenters. The van der Waals surface area contributed by atoms with Crippen LogP contribution >= 0.6 is 0 Å². The Labute approximate surface area is 87.3 Å². The first-order valence-corrected chi connectivity index (χ1v) is 6.28. The second-order valence-corrected chi connectivity index (χ2v) is 5.14. The molecule has 3 atom stereocenters. The van der Waals surface area contributed by atoms with Crippen molar-refractivity contribution in [3.8, 4) is 0 Å². The molecule has 0 amide bonds. The van der Waals surface area contributed by atoms with Crippen molar-refractivity contribution in [2.45, 2.75) is 58.8 Å². The van der Waals surface area contributed by atoms with Gasteiger partial charge < -0.3 is 0 Å². The van der Waals surface area contributed by atoms with Gasteiger partial charge in [-0.1, -0.05) is 33.1 Å². The standard InChI is InChI=1S/C13H22O/c1-3-10-6-5-9-13(4-2)11(10)7-8-12(13)14/h10-11H,3-9H2,1-2H3. The molecule has 0 heterocycles. The van der Waals surface area contributed by atoms with Crippen molar-refractivity contribution >= 4 is 5.78 Å². The molecule has 0 bridgehead atoms. The van der Waals surface area contributed by atoms with E-state index >= 15 is 0 Å². The van der Waals surface area contributed by atoms with E-state index in [1.165, 1.54) is 32.1 Å². The zero-order valence-electron chi connectivity index (χ0n) is 9.51. The molecule has 0 aromatic carbocycles. The summed E-state index contributed by atoms with van der Waals surface area (Å²) in [7, 11) is 0. The molecular weight excluding hydrogens is 172 g/mol. The summed E-state index contributed by atoms with van der Waals surface area (Å²) in [4.78, 5) is 12.0. The monoisotopic (exact) mass is 194 g/mol. The number of fused-ring (bicyclic) bond motifs is 1. The third-order valence-electron chi connectivity index (χ3n) is 4.87. The first-order chi connectivity index (χ1) is 6.74. The van der Waals surface area contributed by atoms with E-state index in [0.29, 0.717) is 5.78 Å². The highest BCUT2D eigenvalue weighted by Crippen LogP contribution is 2.55. The van der Waals surface area contributed by atoms with E-state index in [0.717, 1.165) is 24.7 Å². The van der Waals surface area contributed by atoms with Gasteiger partial charge in [-0.3, -0.25) is 4.79 Å². The molecular formula is C13H22O. The maximum atomic E-state index is 12.0. The molecule has 2 rings (SSSR count). The lowest BCUT2D eigenvalue weighted by molar-refractivity contribution is -0.130. The van der Waals surface area contributed by atoms with Gasteiger partial charge in [0, 0.05) is 11.8 Å². The van der Waals surface area contributed by atoms with Gasteiger partial charge in [-0.15, -0.1) is 0 Å². The topological polar surface area (TPSA) is 17.1 Å². The van der Waals surface area contributed by atoms with Crippen molar-refractivity contribution in [3.63, 3.8) is 0 Å². The minimum atomic E-state index is 0.124. The predicted molar refractivity (Wildman–Crippen MR) is 58.1 cm³/mol. The number of hydrogen-bond acceptors (Lipinski definition) is 1. The fraction of sp³-hybridized carbons (Fsp3) is 0.923. The summed E-state index contributed by atoms with van der Waals surface area (Å²) in [6.45, 7) is 4.51. The maximum absolute atomic E-state index is 12.0. The van der Waals surface area contributed by atoms with Crippen molar-refractivity contribution in [1.82, 2.24) is 0 Å². The first-order valence-electron chi connectivity index (χ1n) is 6.28. The fourth-order valence-corrected chi connectivity index (χ4v) is 4.04. The maximum Gasteiger partial charge on any atom is 0.139 e. The molecule has 0 aliphatic heterocycles. The summed E-state index contributed by atoms with van der Waals surface area (Å²) in [5.74, 6) is 2.16. The molecule has 80 valence electrons. The van der Waals surface area contributed by atoms with Crippen LogP contribution in [0.2, 0.25) is 0 Å². The van der Waals surface area contributed by atoms with Gasteiger partial charge in [-0.05, 0) is 31.1 Å². The summed E-state index contributed by atoms with van der Waals surface area (Å²) in [6.07, 6.45) is 8.27. The van der Waals surface area contributed by atoms with E-state index in [4.69, 9.17) is 0 Å². The number of ketones is 1. The third kappa shape index (κ3) is 1.24. The van der Waals surface area contributed by atoms with Gasteiger partial charge in [0.2, 0.25) is 0 Å². The third-order valence-corrected chi connectivity index (χ3v) is 4.87. The van der Waals surface area contributed by atoms with Crippen molar-refractivity contribution < 1.29 is 4.79 Å². The molecule has 2 aliphatic rings. The summed E-state index contributed by atoms with van der Waals surface area (Å²) >= 11 is 0. The van der Waals surface area contributed by atoms with Gasteiger partial charge in [0.1, 0.15) is 5.78 Å². The van der Waals surface area contributed by atoms with Crippen LogP contribution in [-0.4, -0.2) is 5.78 Å². The Bertz CT molecular complexity index is 233. The lowest BCUT2D eigenvalue weighted by Crippen LogP contribution is -2.39. The van der Waals surface area contributed by atoms with Crippen molar-refractivity contribution in [2.24, 2.45) is 17.3 Å². The Morgan fingerprint density at radius 1 is 1.36 bits per heavy atom. The van der Waals surface area contributed by atoms with Crippen molar-refractivity contribution in [2.75, 3.05) is 0 Å². The van der Waals surface area contributed by atoms with Crippen LogP contribution in [0.25, 0.3) is 0 Å². The first kappa shape index (κ1) is 10.2. The van der Waals surface area contributed by atoms with Crippen LogP contribution < -0.4 is 0 Å². The largest absolute Gasteiger partial charge is 0.299 e. The van der Waals surface area contributed by atoms with Crippen LogP contribution in [0.4, 0.5) is 0 Å². The van der Waals surface area contributed by atoms with E-state index in [9.17, 15) is 4.79 Å². The molecule has 14 heavy (non-hydrogen) atoms. The number of Topliss-reactive ketones (excluding diaryl/α,β-unsaturated/α-hetero) is 1. The minimum Gasteiger partial charge on any atom is -0.299 e. The Morgan fingerprint density at radius 3 is 2.79 bits per heavy atom. The van der Waals surface area contributed by atoms with E-state index in [2.05, 4.69) is 13.8 Å². The second kappa shape index (κ2) is 3.67. The highest BCUT2D eigenvalue weighted by atomic mass is 16.1. The Balaban J connectivity index is 2.26. The lowest BCUT2D eigenvalue weighted by atomic mass is 9.61. The molecule has 2 fully saturated rings. The van der Waals surface area contributed by atoms with Crippen LogP contribution in [-0.2, 0) is 4.79 Å². The second-order valence-electron chi connectivity index (χ2n) is 5.14. The number of hydrogen-bond donors (Lipinski definition) is 0. The summed E-state index contributed by atoms with van der Waals surface area (Å²) in [5.41, 5.74) is 0.124. The van der Waals surface area contributed by atoms with Gasteiger partial charge in [0.05, 0.1) is 0 Å². The average Bonchev–Trinajstić information content (AvgIpc) is 2.57. The van der Waals surface area contributed by atoms with E-state index in [1.807, 2.05) is 0 Å². The van der Waals surface area contributed by atoms with Crippen molar-refractivity contribution in [1.29, 1.82) is 0 Å². The fourth-order valence-electron chi connectivity index (χ4n) is 4.04. The molecule has 0 saturated heterocycles. The van der Waals surface area contributed by atoms with Crippen molar-refractivity contribution in [3.05, 3.63) is 0 Å². The smallest absolute Gasteiger partial charge is 0.139 e. The molecule has 0 radical (unpaired) electrons. The minimum absolute atomic E-state index is 0.124. The van der Waals surface area contributed by atoms with Crippen LogP contribution in [0.15, 0.2) is 0 Å². The van der Waals surface area contributed by atoms with Crippen LogP contribution in [0.5, 0.6) is 0 Å². The highest BCUT2D eigenvalue weighted by Gasteiger charge is 2.52. The van der Waals surface area contributed by atoms with Gasteiger partial charge in [-0.2, -0.15) is 0 Å². The molecule has 2 aliphatic carbocycles. The molecule has 1 nitrogen and oxygen atoms in total. The number of carbonyl (C=O) groups excluding carboxylic acids is 1. The van der Waals surface area contributed by atoms with Gasteiger partial charge in [0.25, 0.3) is 0 Å². The van der Waals surface area contributed by atoms with Gasteiger partial charge in [0.15, 0.2) is 0 Å². The molecule has 0 aromatic heterocycles. The Morgan fingerprint density at radius 2 is 2.14 bits per heavy atom. The zero-order valence-corrected chi connectivity index (χ0v) is 9.51. The van der Waals surface area contributed by atoms with Gasteiger partial charge >= 0.3 is 0 Å². The van der Waals surface area contributed by atoms with E-state index in [-0.39, 0.29) is 5.41 Å². The normalized spacial score (nSPS) is 42.6. The summed E-state index contributed by atoms with van der Waals surface area (Å²) in [6, 6.07) is 0. The van der Waals surface area contributed by atoms with Crippen LogP contribution in [0, 0.1) is 17.3 Å². The van der Waals surface area contributed by atoms with Crippen LogP contribution in [0.1, 0.15) is 58.8 Å². The lowest BCUT2D eigenvalue weighted by Gasteiger charge is -2.42. The van der Waals surface area contributed by atoms with Gasteiger partial charge in [-0.25, -0.2) is 0 Å². The quantitative estimate of drug-likeness (QED) is 0.656. The molecule has 0 spiro atoms. The molecule has 2 saturated carbocycles. The summed E-state index contributed by atoms with van der Waals surface area (Å²) < 4.78 is 0. The Kier molecular flexibility index (Phi) is 2.68.